The van der Waals surface area contributed by atoms with Gasteiger partial charge in [0.2, 0.25) is 11.8 Å². The Hall–Kier alpha value is -2.37. The number of hydrogen-bond acceptors (Lipinski definition) is 3. The number of aromatic carboxylic acids is 1. The Morgan fingerprint density at radius 2 is 2.00 bits per heavy atom. The highest BCUT2D eigenvalue weighted by molar-refractivity contribution is 5.89. The van der Waals surface area contributed by atoms with Crippen molar-refractivity contribution < 1.29 is 19.5 Å². The minimum atomic E-state index is -0.975. The van der Waals surface area contributed by atoms with Crippen LogP contribution in [0, 0.1) is 5.92 Å². The zero-order valence-corrected chi connectivity index (χ0v) is 11.1. The van der Waals surface area contributed by atoms with Crippen molar-refractivity contribution >= 4 is 17.8 Å². The molecule has 1 atom stereocenters. The third kappa shape index (κ3) is 3.14. The maximum Gasteiger partial charge on any atom is 0.335 e. The van der Waals surface area contributed by atoms with Crippen LogP contribution in [0.1, 0.15) is 22.3 Å². The largest absolute Gasteiger partial charge is 0.478 e. The lowest BCUT2D eigenvalue weighted by molar-refractivity contribution is -0.135. The van der Waals surface area contributed by atoms with Gasteiger partial charge in [0.25, 0.3) is 0 Å². The summed E-state index contributed by atoms with van der Waals surface area (Å²) in [5.74, 6) is -1.45. The molecule has 20 heavy (non-hydrogen) atoms. The second kappa shape index (κ2) is 5.73. The second-order valence-electron chi connectivity index (χ2n) is 4.90. The molecule has 6 nitrogen and oxygen atoms in total. The van der Waals surface area contributed by atoms with Crippen molar-refractivity contribution in [1.29, 1.82) is 0 Å². The molecule has 2 amide bonds. The molecule has 1 saturated heterocycles. The molecule has 1 heterocycles. The average Bonchev–Trinajstić information content (AvgIpc) is 2.85. The van der Waals surface area contributed by atoms with Gasteiger partial charge in [0.1, 0.15) is 0 Å². The molecule has 0 aromatic heterocycles. The van der Waals surface area contributed by atoms with E-state index in [1.165, 1.54) is 12.1 Å². The van der Waals surface area contributed by atoms with Crippen LogP contribution in [0.25, 0.3) is 0 Å². The summed E-state index contributed by atoms with van der Waals surface area (Å²) in [5, 5.41) is 11.4. The number of amides is 2. The Kier molecular flexibility index (Phi) is 4.02. The van der Waals surface area contributed by atoms with Gasteiger partial charge in [-0.15, -0.1) is 0 Å². The first-order valence-electron chi connectivity index (χ1n) is 6.31. The Balaban J connectivity index is 1.96. The summed E-state index contributed by atoms with van der Waals surface area (Å²) in [6.45, 7) is 0.781. The second-order valence-corrected chi connectivity index (χ2v) is 4.90. The van der Waals surface area contributed by atoms with Gasteiger partial charge in [-0.3, -0.25) is 9.59 Å². The van der Waals surface area contributed by atoms with E-state index >= 15 is 0 Å². The number of nitrogens with zero attached hydrogens (tertiary/aromatic N) is 1. The summed E-state index contributed by atoms with van der Waals surface area (Å²) < 4.78 is 0. The van der Waals surface area contributed by atoms with Crippen LogP contribution in [0.15, 0.2) is 24.3 Å². The first-order valence-corrected chi connectivity index (χ1v) is 6.31. The van der Waals surface area contributed by atoms with Crippen LogP contribution in [0.4, 0.5) is 0 Å². The fraction of sp³-hybridized carbons (Fsp3) is 0.357. The van der Waals surface area contributed by atoms with E-state index in [0.29, 0.717) is 13.1 Å². The highest BCUT2D eigenvalue weighted by Crippen LogP contribution is 2.14. The Morgan fingerprint density at radius 3 is 2.50 bits per heavy atom. The minimum absolute atomic E-state index is 0.0781. The molecule has 1 unspecified atom stereocenters. The molecule has 0 spiro atoms. The smallest absolute Gasteiger partial charge is 0.335 e. The molecule has 2 N–H and O–H groups in total. The number of carboxylic acids is 1. The number of rotatable bonds is 4. The number of carbonyl (C=O) groups excluding carboxylic acids is 2. The molecule has 1 fully saturated rings. The van der Waals surface area contributed by atoms with Gasteiger partial charge in [0, 0.05) is 26.6 Å². The fourth-order valence-corrected chi connectivity index (χ4v) is 2.20. The number of nitrogens with one attached hydrogen (secondary N) is 1. The molecule has 0 radical (unpaired) electrons. The molecular weight excluding hydrogens is 260 g/mol. The van der Waals surface area contributed by atoms with E-state index in [9.17, 15) is 14.4 Å². The van der Waals surface area contributed by atoms with Gasteiger partial charge < -0.3 is 15.3 Å². The molecule has 1 aromatic carbocycles. The fourth-order valence-electron chi connectivity index (χ4n) is 2.20. The van der Waals surface area contributed by atoms with Gasteiger partial charge in [-0.1, -0.05) is 12.1 Å². The predicted molar refractivity (Wildman–Crippen MR) is 71.0 cm³/mol. The molecule has 0 saturated carbocycles. The van der Waals surface area contributed by atoms with Crippen LogP contribution in [-0.2, 0) is 16.1 Å². The van der Waals surface area contributed by atoms with Crippen molar-refractivity contribution in [3.05, 3.63) is 35.4 Å². The Bertz CT molecular complexity index is 539. The van der Waals surface area contributed by atoms with E-state index in [1.54, 1.807) is 24.1 Å². The molecule has 2 rings (SSSR count). The summed E-state index contributed by atoms with van der Waals surface area (Å²) in [5.41, 5.74) is 1.07. The zero-order chi connectivity index (χ0) is 14.7. The van der Waals surface area contributed by atoms with Crippen molar-refractivity contribution in [2.75, 3.05) is 13.6 Å². The van der Waals surface area contributed by atoms with Gasteiger partial charge in [-0.25, -0.2) is 4.79 Å². The molecule has 1 aliphatic rings. The van der Waals surface area contributed by atoms with Crippen LogP contribution in [0.5, 0.6) is 0 Å². The van der Waals surface area contributed by atoms with E-state index < -0.39 is 5.97 Å². The van der Waals surface area contributed by atoms with Crippen molar-refractivity contribution in [3.8, 4) is 0 Å². The van der Waals surface area contributed by atoms with E-state index in [2.05, 4.69) is 5.32 Å². The highest BCUT2D eigenvalue weighted by Gasteiger charge is 2.29. The van der Waals surface area contributed by atoms with Crippen LogP contribution < -0.4 is 5.32 Å². The van der Waals surface area contributed by atoms with Crippen LogP contribution in [0.2, 0.25) is 0 Å². The minimum Gasteiger partial charge on any atom is -0.478 e. The number of hydrogen-bond donors (Lipinski definition) is 2. The monoisotopic (exact) mass is 276 g/mol. The van der Waals surface area contributed by atoms with Gasteiger partial charge in [0.05, 0.1) is 11.5 Å². The average molecular weight is 276 g/mol. The van der Waals surface area contributed by atoms with Gasteiger partial charge in [-0.2, -0.15) is 0 Å². The molecule has 6 heteroatoms. The lowest BCUT2D eigenvalue weighted by Crippen LogP contribution is -2.33. The van der Waals surface area contributed by atoms with E-state index in [1.807, 2.05) is 0 Å². The lowest BCUT2D eigenvalue weighted by atomic mass is 10.1. The van der Waals surface area contributed by atoms with Gasteiger partial charge >= 0.3 is 5.97 Å². The first kappa shape index (κ1) is 14.0. The quantitative estimate of drug-likeness (QED) is 0.837. The summed E-state index contributed by atoms with van der Waals surface area (Å²) in [7, 11) is 1.68. The van der Waals surface area contributed by atoms with Crippen molar-refractivity contribution in [1.82, 2.24) is 10.2 Å². The molecule has 0 bridgehead atoms. The van der Waals surface area contributed by atoms with Gasteiger partial charge in [0.15, 0.2) is 0 Å². The normalized spacial score (nSPS) is 17.6. The molecule has 1 aromatic rings. The van der Waals surface area contributed by atoms with E-state index in [0.717, 1.165) is 5.56 Å². The third-order valence-corrected chi connectivity index (χ3v) is 3.32. The van der Waals surface area contributed by atoms with Crippen molar-refractivity contribution in [3.63, 3.8) is 0 Å². The summed E-state index contributed by atoms with van der Waals surface area (Å²) in [6.07, 6.45) is 0.237. The number of benzene rings is 1. The summed E-state index contributed by atoms with van der Waals surface area (Å²) in [4.78, 5) is 35.5. The summed E-state index contributed by atoms with van der Waals surface area (Å²) >= 11 is 0. The Labute approximate surface area is 116 Å². The maximum absolute atomic E-state index is 12.1. The molecule has 1 aliphatic heterocycles. The maximum atomic E-state index is 12.1. The van der Waals surface area contributed by atoms with Crippen molar-refractivity contribution in [2.45, 2.75) is 13.0 Å². The SMILES string of the molecule is CN(Cc1ccc(C(=O)O)cc1)C(=O)C1CNC(=O)C1. The third-order valence-electron chi connectivity index (χ3n) is 3.32. The molecule has 0 aliphatic carbocycles. The van der Waals surface area contributed by atoms with E-state index in [-0.39, 0.29) is 29.7 Å². The topological polar surface area (TPSA) is 86.7 Å². The molecular formula is C14H16N2O4. The standard InChI is InChI=1S/C14H16N2O4/c1-16(13(18)11-6-12(17)15-7-11)8-9-2-4-10(5-3-9)14(19)20/h2-5,11H,6-8H2,1H3,(H,15,17)(H,19,20). The predicted octanol–water partition coefficient (Wildman–Crippen LogP) is 0.479. The number of carboxylic acid groups (broad SMARTS) is 1. The first-order chi connectivity index (χ1) is 9.47. The van der Waals surface area contributed by atoms with Crippen LogP contribution in [0.3, 0.4) is 0 Å². The zero-order valence-electron chi connectivity index (χ0n) is 11.1. The summed E-state index contributed by atoms with van der Waals surface area (Å²) in [6, 6.07) is 6.39. The molecule has 106 valence electrons. The highest BCUT2D eigenvalue weighted by atomic mass is 16.4. The number of carbonyl (C=O) groups is 3. The van der Waals surface area contributed by atoms with E-state index in [4.69, 9.17) is 5.11 Å². The lowest BCUT2D eigenvalue weighted by Gasteiger charge is -2.20. The van der Waals surface area contributed by atoms with Crippen LogP contribution in [-0.4, -0.2) is 41.4 Å². The van der Waals surface area contributed by atoms with Gasteiger partial charge in [-0.05, 0) is 17.7 Å². The Morgan fingerprint density at radius 1 is 1.35 bits per heavy atom. The van der Waals surface area contributed by atoms with Crippen LogP contribution >= 0.6 is 0 Å². The van der Waals surface area contributed by atoms with Crippen molar-refractivity contribution in [2.24, 2.45) is 5.92 Å².